The van der Waals surface area contributed by atoms with Gasteiger partial charge in [-0.3, -0.25) is 0 Å². The third kappa shape index (κ3) is 4.81. The SMILES string of the molecule is CC(C)c1cc(OC(F)(F)F)c([I-]C2CCC(=O)NC2=O)cc1F. The zero-order valence-electron chi connectivity index (χ0n) is 12.8. The summed E-state index contributed by atoms with van der Waals surface area (Å²) < 4.78 is 55.6. The number of hydrogen-bond acceptors (Lipinski definition) is 3. The summed E-state index contributed by atoms with van der Waals surface area (Å²) in [5.41, 5.74) is 0.116. The standard InChI is InChI=1S/C15H15F4INO3/c1-7(2)8-5-12(24-15(17,18)19)11(6-9(8)16)20-10-3-4-13(22)21-14(10)23/h5-7,10H,3-4H2,1-2H3,(H,21,22,23)/q-1. The zero-order valence-corrected chi connectivity index (χ0v) is 15.0. The molecule has 1 aliphatic rings. The summed E-state index contributed by atoms with van der Waals surface area (Å²) in [7, 11) is 0. The molecule has 134 valence electrons. The Kier molecular flexibility index (Phi) is 5.71. The molecule has 0 saturated carbocycles. The van der Waals surface area contributed by atoms with E-state index >= 15 is 0 Å². The molecule has 1 atom stereocenters. The molecule has 0 radical (unpaired) electrons. The van der Waals surface area contributed by atoms with Gasteiger partial charge in [-0.15, -0.1) is 0 Å². The second kappa shape index (κ2) is 7.24. The van der Waals surface area contributed by atoms with Gasteiger partial charge in [-0.1, -0.05) is 0 Å². The van der Waals surface area contributed by atoms with Crippen molar-refractivity contribution in [3.8, 4) is 5.75 Å². The second-order valence-corrected chi connectivity index (χ2v) is 8.82. The molecule has 1 aromatic carbocycles. The number of benzene rings is 1. The number of ether oxygens (including phenoxy) is 1. The van der Waals surface area contributed by atoms with E-state index in [2.05, 4.69) is 10.1 Å². The van der Waals surface area contributed by atoms with E-state index in [4.69, 9.17) is 0 Å². The summed E-state index contributed by atoms with van der Waals surface area (Å²) in [4.78, 5) is 23.0. The van der Waals surface area contributed by atoms with E-state index in [-0.39, 0.29) is 27.9 Å². The molecule has 1 saturated heterocycles. The second-order valence-electron chi connectivity index (χ2n) is 5.53. The number of carbonyl (C=O) groups excluding carboxylic acids is 2. The van der Waals surface area contributed by atoms with Crippen molar-refractivity contribution in [1.82, 2.24) is 5.32 Å². The molecule has 1 N–H and O–H groups in total. The van der Waals surface area contributed by atoms with Crippen LogP contribution in [-0.4, -0.2) is 22.1 Å². The van der Waals surface area contributed by atoms with Crippen LogP contribution in [0.4, 0.5) is 17.6 Å². The van der Waals surface area contributed by atoms with Gasteiger partial charge in [0.15, 0.2) is 0 Å². The molecule has 2 rings (SSSR count). The number of imide groups is 1. The van der Waals surface area contributed by atoms with Crippen molar-refractivity contribution in [3.05, 3.63) is 27.1 Å². The van der Waals surface area contributed by atoms with Crippen molar-refractivity contribution in [2.24, 2.45) is 0 Å². The van der Waals surface area contributed by atoms with Crippen LogP contribution in [0.2, 0.25) is 0 Å². The average Bonchev–Trinajstić information content (AvgIpc) is 2.42. The molecule has 24 heavy (non-hydrogen) atoms. The number of piperidine rings is 1. The van der Waals surface area contributed by atoms with Gasteiger partial charge in [-0.2, -0.15) is 0 Å². The van der Waals surface area contributed by atoms with E-state index in [0.29, 0.717) is 0 Å². The van der Waals surface area contributed by atoms with Crippen molar-refractivity contribution in [2.75, 3.05) is 0 Å². The topological polar surface area (TPSA) is 55.4 Å². The van der Waals surface area contributed by atoms with Crippen LogP contribution in [0, 0.1) is 9.39 Å². The predicted molar refractivity (Wildman–Crippen MR) is 72.0 cm³/mol. The molecule has 1 aromatic rings. The first-order chi connectivity index (χ1) is 11.1. The Hall–Kier alpha value is -1.39. The fourth-order valence-corrected chi connectivity index (χ4v) is 5.09. The fraction of sp³-hybridized carbons (Fsp3) is 0.467. The van der Waals surface area contributed by atoms with E-state index in [9.17, 15) is 27.2 Å². The predicted octanol–water partition coefficient (Wildman–Crippen LogP) is -0.0885. The van der Waals surface area contributed by atoms with Gasteiger partial charge < -0.3 is 0 Å². The first-order valence-electron chi connectivity index (χ1n) is 7.13. The summed E-state index contributed by atoms with van der Waals surface area (Å²) in [6, 6.07) is 2.07. The van der Waals surface area contributed by atoms with Gasteiger partial charge in [0.1, 0.15) is 0 Å². The molecule has 1 heterocycles. The van der Waals surface area contributed by atoms with Crippen LogP contribution in [0.25, 0.3) is 0 Å². The summed E-state index contributed by atoms with van der Waals surface area (Å²) in [5.74, 6) is -2.34. The maximum absolute atomic E-state index is 14.2. The number of alkyl halides is 4. The molecule has 0 aliphatic carbocycles. The molecule has 9 heteroatoms. The molecule has 1 aliphatic heterocycles. The Morgan fingerprint density at radius 1 is 1.29 bits per heavy atom. The van der Waals surface area contributed by atoms with Crippen molar-refractivity contribution in [2.45, 2.75) is 42.9 Å². The fourth-order valence-electron chi connectivity index (χ4n) is 2.19. The molecule has 0 spiro atoms. The molecule has 1 unspecified atom stereocenters. The molecular weight excluding hydrogens is 445 g/mol. The number of halogens is 5. The van der Waals surface area contributed by atoms with Gasteiger partial charge in [0.25, 0.3) is 0 Å². The van der Waals surface area contributed by atoms with Gasteiger partial charge in [0.2, 0.25) is 0 Å². The number of rotatable bonds is 4. The third-order valence-corrected chi connectivity index (χ3v) is 6.77. The zero-order chi connectivity index (χ0) is 18.1. The minimum absolute atomic E-state index is 0.0579. The Bertz CT molecular complexity index is 661. The van der Waals surface area contributed by atoms with E-state index in [1.54, 1.807) is 13.8 Å². The van der Waals surface area contributed by atoms with Crippen LogP contribution >= 0.6 is 0 Å². The van der Waals surface area contributed by atoms with Gasteiger partial charge in [-0.05, 0) is 0 Å². The summed E-state index contributed by atoms with van der Waals surface area (Å²) in [6.07, 6.45) is -4.54. The van der Waals surface area contributed by atoms with Crippen molar-refractivity contribution >= 4 is 11.8 Å². The molecule has 0 bridgehead atoms. The Balaban J connectivity index is 2.34. The van der Waals surface area contributed by atoms with Crippen molar-refractivity contribution in [1.29, 1.82) is 0 Å². The normalized spacial score (nSPS) is 18.9. The van der Waals surface area contributed by atoms with Gasteiger partial charge >= 0.3 is 146 Å². The number of hydrogen-bond donors (Lipinski definition) is 1. The van der Waals surface area contributed by atoms with Gasteiger partial charge in [-0.25, -0.2) is 0 Å². The van der Waals surface area contributed by atoms with Crippen molar-refractivity contribution < 1.29 is 53.1 Å². The molecular formula is C15H15F4INO3-. The van der Waals surface area contributed by atoms with Gasteiger partial charge in [0.05, 0.1) is 0 Å². The van der Waals surface area contributed by atoms with E-state index < -0.39 is 54.9 Å². The first kappa shape index (κ1) is 18.9. The number of amides is 2. The quantitative estimate of drug-likeness (QED) is 0.296. The van der Waals surface area contributed by atoms with Crippen LogP contribution in [0.3, 0.4) is 0 Å². The van der Waals surface area contributed by atoms with Crippen LogP contribution in [0.5, 0.6) is 5.75 Å². The Morgan fingerprint density at radius 2 is 1.96 bits per heavy atom. The minimum atomic E-state index is -4.91. The first-order valence-corrected chi connectivity index (χ1v) is 9.45. The average molecular weight is 460 g/mol. The van der Waals surface area contributed by atoms with Crippen LogP contribution in [0.15, 0.2) is 12.1 Å². The Labute approximate surface area is 146 Å². The molecule has 1 fully saturated rings. The molecule has 4 nitrogen and oxygen atoms in total. The third-order valence-electron chi connectivity index (χ3n) is 3.32. The van der Waals surface area contributed by atoms with E-state index in [0.717, 1.165) is 12.1 Å². The van der Waals surface area contributed by atoms with Gasteiger partial charge in [0, 0.05) is 0 Å². The molecule has 0 aromatic heterocycles. The van der Waals surface area contributed by atoms with E-state index in [1.807, 2.05) is 0 Å². The Morgan fingerprint density at radius 3 is 2.50 bits per heavy atom. The number of carbonyl (C=O) groups is 2. The van der Waals surface area contributed by atoms with Crippen LogP contribution in [0.1, 0.15) is 38.2 Å². The summed E-state index contributed by atoms with van der Waals surface area (Å²) in [5, 5.41) is 2.15. The van der Waals surface area contributed by atoms with E-state index in [1.165, 1.54) is 0 Å². The monoisotopic (exact) mass is 460 g/mol. The summed E-state index contributed by atoms with van der Waals surface area (Å²) in [6.45, 7) is 3.31. The molecule has 2 amide bonds. The van der Waals surface area contributed by atoms with Crippen molar-refractivity contribution in [3.63, 3.8) is 0 Å². The maximum atomic E-state index is 14.2. The van der Waals surface area contributed by atoms with Crippen LogP contribution in [-0.2, 0) is 9.59 Å². The van der Waals surface area contributed by atoms with Crippen LogP contribution < -0.4 is 31.3 Å². The summed E-state index contributed by atoms with van der Waals surface area (Å²) >= 11 is -1.31. The number of nitrogens with one attached hydrogen (secondary N) is 1.